The van der Waals surface area contributed by atoms with Gasteiger partial charge in [0.15, 0.2) is 0 Å². The molecule has 0 saturated heterocycles. The van der Waals surface area contributed by atoms with Crippen LogP contribution in [0, 0.1) is 20.9 Å². The number of carbonyl (C=O) groups is 1. The van der Waals surface area contributed by atoms with Crippen molar-refractivity contribution in [2.24, 2.45) is 10.8 Å². The summed E-state index contributed by atoms with van der Waals surface area (Å²) in [5.74, 6) is -0.864. The minimum Gasteiger partial charge on any atom is -0.481 e. The minimum absolute atomic E-state index is 0.0359. The second-order valence-corrected chi connectivity index (χ2v) is 5.57. The molecule has 0 aliphatic carbocycles. The lowest BCUT2D eigenvalue weighted by molar-refractivity contribution is -0.496. The largest absolute Gasteiger partial charge is 0.481 e. The fourth-order valence-corrected chi connectivity index (χ4v) is 2.17. The van der Waals surface area contributed by atoms with E-state index in [0.717, 1.165) is 0 Å². The van der Waals surface area contributed by atoms with E-state index in [-0.39, 0.29) is 17.9 Å². The molecule has 0 aromatic carbocycles. The molecule has 1 N–H and O–H groups in total. The van der Waals surface area contributed by atoms with Crippen LogP contribution in [0.5, 0.6) is 0 Å². The van der Waals surface area contributed by atoms with Crippen LogP contribution in [0.15, 0.2) is 0 Å². The zero-order valence-electron chi connectivity index (χ0n) is 9.74. The highest BCUT2D eigenvalue weighted by Crippen LogP contribution is 2.36. The van der Waals surface area contributed by atoms with Gasteiger partial charge in [-0.3, -0.25) is 14.9 Å². The second kappa shape index (κ2) is 4.59. The number of carboxylic acids is 1. The first-order valence-electron chi connectivity index (χ1n) is 4.88. The molecule has 0 heterocycles. The number of hydrogen-bond donors (Lipinski definition) is 1. The van der Waals surface area contributed by atoms with Crippen molar-refractivity contribution >= 4 is 5.97 Å². The van der Waals surface area contributed by atoms with Crippen molar-refractivity contribution in [2.75, 3.05) is 6.54 Å². The van der Waals surface area contributed by atoms with Crippen LogP contribution < -0.4 is 0 Å². The van der Waals surface area contributed by atoms with E-state index in [9.17, 15) is 14.9 Å². The van der Waals surface area contributed by atoms with Crippen LogP contribution >= 0.6 is 0 Å². The average molecular weight is 217 g/mol. The van der Waals surface area contributed by atoms with Gasteiger partial charge in [0, 0.05) is 10.3 Å². The van der Waals surface area contributed by atoms with Gasteiger partial charge >= 0.3 is 5.97 Å². The van der Waals surface area contributed by atoms with E-state index in [1.54, 1.807) is 13.8 Å². The summed E-state index contributed by atoms with van der Waals surface area (Å²) in [4.78, 5) is 20.7. The fraction of sp³-hybridized carbons (Fsp3) is 0.900. The summed E-state index contributed by atoms with van der Waals surface area (Å²) in [6.07, 6.45) is 0.557. The highest BCUT2D eigenvalue weighted by atomic mass is 16.6. The Labute approximate surface area is 89.6 Å². The quantitative estimate of drug-likeness (QED) is 0.546. The van der Waals surface area contributed by atoms with Crippen LogP contribution in [0.1, 0.15) is 40.5 Å². The van der Waals surface area contributed by atoms with Crippen LogP contribution in [0.25, 0.3) is 0 Å². The first kappa shape index (κ1) is 13.9. The monoisotopic (exact) mass is 217 g/mol. The SMILES string of the molecule is CC(C)(CC(=O)O)CC(C)(C)C[N+](=O)[O-]. The molecule has 0 aliphatic rings. The van der Waals surface area contributed by atoms with Gasteiger partial charge < -0.3 is 5.11 Å². The molecule has 0 spiro atoms. The van der Waals surface area contributed by atoms with Crippen LogP contribution in [-0.4, -0.2) is 22.5 Å². The average Bonchev–Trinajstić information content (AvgIpc) is 1.73. The summed E-state index contributed by atoms with van der Waals surface area (Å²) < 4.78 is 0. The van der Waals surface area contributed by atoms with Crippen molar-refractivity contribution < 1.29 is 14.8 Å². The minimum atomic E-state index is -0.864. The third-order valence-electron chi connectivity index (χ3n) is 2.14. The van der Waals surface area contributed by atoms with Gasteiger partial charge in [-0.2, -0.15) is 0 Å². The Kier molecular flexibility index (Phi) is 4.25. The smallest absolute Gasteiger partial charge is 0.303 e. The third-order valence-corrected chi connectivity index (χ3v) is 2.14. The number of nitrogens with zero attached hydrogens (tertiary/aromatic N) is 1. The number of carboxylic acid groups (broad SMARTS) is 1. The topological polar surface area (TPSA) is 80.4 Å². The van der Waals surface area contributed by atoms with E-state index in [4.69, 9.17) is 5.11 Å². The Hall–Kier alpha value is -1.13. The van der Waals surface area contributed by atoms with Gasteiger partial charge in [-0.25, -0.2) is 0 Å². The van der Waals surface area contributed by atoms with Gasteiger partial charge in [-0.05, 0) is 11.8 Å². The summed E-state index contributed by atoms with van der Waals surface area (Å²) in [6.45, 7) is 7.10. The Morgan fingerprint density at radius 1 is 1.27 bits per heavy atom. The molecule has 0 saturated carbocycles. The predicted molar refractivity (Wildman–Crippen MR) is 56.3 cm³/mol. The normalized spacial score (nSPS) is 12.5. The Balaban J connectivity index is 4.42. The van der Waals surface area contributed by atoms with E-state index in [1.807, 2.05) is 13.8 Å². The molecular weight excluding hydrogens is 198 g/mol. The van der Waals surface area contributed by atoms with Crippen LogP contribution in [0.4, 0.5) is 0 Å². The number of aliphatic carboxylic acids is 1. The predicted octanol–water partition coefficient (Wildman–Crippen LogP) is 2.18. The molecule has 0 fully saturated rings. The molecule has 0 aromatic heterocycles. The van der Waals surface area contributed by atoms with Crippen molar-refractivity contribution in [3.63, 3.8) is 0 Å². The number of hydrogen-bond acceptors (Lipinski definition) is 3. The second-order valence-electron chi connectivity index (χ2n) is 5.57. The highest BCUT2D eigenvalue weighted by Gasteiger charge is 2.33. The summed E-state index contributed by atoms with van der Waals surface area (Å²) in [6, 6.07) is 0. The standard InChI is InChI=1S/C10H19NO4/c1-9(2,5-8(12)13)6-10(3,4)7-11(14)15/h5-7H2,1-4H3,(H,12,13). The first-order valence-corrected chi connectivity index (χ1v) is 4.88. The van der Waals surface area contributed by atoms with Gasteiger partial charge in [-0.1, -0.05) is 27.7 Å². The fourth-order valence-electron chi connectivity index (χ4n) is 2.17. The van der Waals surface area contributed by atoms with E-state index in [1.165, 1.54) is 0 Å². The molecule has 15 heavy (non-hydrogen) atoms. The number of nitro groups is 1. The van der Waals surface area contributed by atoms with Crippen LogP contribution in [0.3, 0.4) is 0 Å². The zero-order valence-corrected chi connectivity index (χ0v) is 9.74. The molecule has 0 amide bonds. The van der Waals surface area contributed by atoms with Gasteiger partial charge in [-0.15, -0.1) is 0 Å². The lowest BCUT2D eigenvalue weighted by Gasteiger charge is -2.31. The maximum atomic E-state index is 10.6. The molecular formula is C10H19NO4. The third kappa shape index (κ3) is 6.88. The molecule has 0 aliphatic heterocycles. The highest BCUT2D eigenvalue weighted by molar-refractivity contribution is 5.67. The molecule has 5 heteroatoms. The van der Waals surface area contributed by atoms with Gasteiger partial charge in [0.25, 0.3) is 0 Å². The van der Waals surface area contributed by atoms with Gasteiger partial charge in [0.1, 0.15) is 0 Å². The lowest BCUT2D eigenvalue weighted by atomic mass is 9.73. The summed E-state index contributed by atoms with van der Waals surface area (Å²) >= 11 is 0. The van der Waals surface area contributed by atoms with Crippen molar-refractivity contribution in [1.82, 2.24) is 0 Å². The number of rotatable bonds is 6. The van der Waals surface area contributed by atoms with Crippen LogP contribution in [-0.2, 0) is 4.79 Å². The van der Waals surface area contributed by atoms with E-state index >= 15 is 0 Å². The maximum Gasteiger partial charge on any atom is 0.303 e. The zero-order chi connectivity index (χ0) is 12.3. The molecule has 0 bridgehead atoms. The Bertz CT molecular complexity index is 232. The van der Waals surface area contributed by atoms with Crippen molar-refractivity contribution in [3.05, 3.63) is 10.1 Å². The Morgan fingerprint density at radius 3 is 2.07 bits per heavy atom. The summed E-state index contributed by atoms with van der Waals surface area (Å²) in [5.41, 5.74) is -0.881. The molecule has 0 rings (SSSR count). The van der Waals surface area contributed by atoms with Gasteiger partial charge in [0.05, 0.1) is 6.42 Å². The van der Waals surface area contributed by atoms with E-state index in [0.29, 0.717) is 6.42 Å². The van der Waals surface area contributed by atoms with E-state index in [2.05, 4.69) is 0 Å². The maximum absolute atomic E-state index is 10.6. The molecule has 0 radical (unpaired) electrons. The molecule has 0 aromatic rings. The lowest BCUT2D eigenvalue weighted by Crippen LogP contribution is -2.30. The van der Waals surface area contributed by atoms with Crippen molar-refractivity contribution in [3.8, 4) is 0 Å². The first-order chi connectivity index (χ1) is 6.54. The summed E-state index contributed by atoms with van der Waals surface area (Å²) in [5, 5.41) is 19.1. The molecule has 0 unspecified atom stereocenters. The van der Waals surface area contributed by atoms with E-state index < -0.39 is 16.8 Å². The van der Waals surface area contributed by atoms with Crippen molar-refractivity contribution in [2.45, 2.75) is 40.5 Å². The summed E-state index contributed by atoms with van der Waals surface area (Å²) in [7, 11) is 0. The van der Waals surface area contributed by atoms with Crippen LogP contribution in [0.2, 0.25) is 0 Å². The van der Waals surface area contributed by atoms with Crippen molar-refractivity contribution in [1.29, 1.82) is 0 Å². The molecule has 0 atom stereocenters. The van der Waals surface area contributed by atoms with Gasteiger partial charge in [0.2, 0.25) is 6.54 Å². The molecule has 88 valence electrons. The Morgan fingerprint density at radius 2 is 1.73 bits per heavy atom. The molecule has 5 nitrogen and oxygen atoms in total.